The monoisotopic (exact) mass is 296 g/mol. The first-order chi connectivity index (χ1) is 7.46. The number of halogens is 1. The van der Waals surface area contributed by atoms with Crippen LogP contribution in [-0.4, -0.2) is 23.1 Å². The number of rotatable bonds is 2. The Hall–Kier alpha value is -0.590. The quantitative estimate of drug-likeness (QED) is 0.782. The van der Waals surface area contributed by atoms with Gasteiger partial charge in [-0.15, -0.1) is 0 Å². The highest BCUT2D eigenvalue weighted by Crippen LogP contribution is 2.31. The fourth-order valence-electron chi connectivity index (χ4n) is 2.10. The third-order valence-corrected chi connectivity index (χ3v) is 5.39. The van der Waals surface area contributed by atoms with Crippen molar-refractivity contribution >= 4 is 29.6 Å². The SMILES string of the molecule is Cc1cc(C)c(S(=O)(=O)Cl)c(C)c1S(C)(=O)=O. The Labute approximate surface area is 106 Å². The number of hydrogen-bond donors (Lipinski definition) is 0. The molecule has 0 saturated heterocycles. The molecule has 0 bridgehead atoms. The third kappa shape index (κ3) is 2.81. The van der Waals surface area contributed by atoms with E-state index in [0.717, 1.165) is 6.26 Å². The number of hydrogen-bond acceptors (Lipinski definition) is 4. The van der Waals surface area contributed by atoms with Gasteiger partial charge < -0.3 is 0 Å². The predicted octanol–water partition coefficient (Wildman–Crippen LogP) is 1.94. The molecule has 0 saturated carbocycles. The molecule has 0 N–H and O–H groups in total. The molecule has 0 spiro atoms. The van der Waals surface area contributed by atoms with Crippen molar-refractivity contribution in [3.05, 3.63) is 22.8 Å². The zero-order chi connectivity index (χ0) is 13.6. The predicted molar refractivity (Wildman–Crippen MR) is 66.8 cm³/mol. The van der Waals surface area contributed by atoms with Gasteiger partial charge in [-0.25, -0.2) is 16.8 Å². The molecule has 4 nitrogen and oxygen atoms in total. The van der Waals surface area contributed by atoms with Crippen LogP contribution < -0.4 is 0 Å². The molecule has 17 heavy (non-hydrogen) atoms. The van der Waals surface area contributed by atoms with Gasteiger partial charge in [0.05, 0.1) is 9.79 Å². The lowest BCUT2D eigenvalue weighted by molar-refractivity contribution is 0.599. The smallest absolute Gasteiger partial charge is 0.224 e. The van der Waals surface area contributed by atoms with Gasteiger partial charge in [-0.2, -0.15) is 0 Å². The van der Waals surface area contributed by atoms with Crippen molar-refractivity contribution in [1.82, 2.24) is 0 Å². The van der Waals surface area contributed by atoms with Gasteiger partial charge in [0, 0.05) is 16.9 Å². The van der Waals surface area contributed by atoms with E-state index in [2.05, 4.69) is 0 Å². The van der Waals surface area contributed by atoms with Crippen molar-refractivity contribution in [3.63, 3.8) is 0 Å². The number of benzene rings is 1. The Kier molecular flexibility index (Phi) is 3.63. The highest BCUT2D eigenvalue weighted by molar-refractivity contribution is 8.13. The molecule has 0 amide bonds. The molecule has 0 fully saturated rings. The van der Waals surface area contributed by atoms with Gasteiger partial charge in [0.15, 0.2) is 9.84 Å². The molecular weight excluding hydrogens is 284 g/mol. The normalized spacial score (nSPS) is 12.8. The van der Waals surface area contributed by atoms with Crippen molar-refractivity contribution < 1.29 is 16.8 Å². The second kappa shape index (κ2) is 4.26. The second-order valence-electron chi connectivity index (χ2n) is 4.00. The molecular formula is C10H13ClO4S2. The van der Waals surface area contributed by atoms with Crippen molar-refractivity contribution in [2.24, 2.45) is 0 Å². The van der Waals surface area contributed by atoms with Crippen LogP contribution in [0, 0.1) is 20.8 Å². The molecule has 7 heteroatoms. The van der Waals surface area contributed by atoms with E-state index >= 15 is 0 Å². The van der Waals surface area contributed by atoms with E-state index in [1.54, 1.807) is 13.8 Å². The van der Waals surface area contributed by atoms with E-state index in [1.165, 1.54) is 13.0 Å². The summed E-state index contributed by atoms with van der Waals surface area (Å²) in [6.45, 7) is 4.66. The molecule has 0 aliphatic heterocycles. The summed E-state index contributed by atoms with van der Waals surface area (Å²) in [5.41, 5.74) is 1.15. The molecule has 0 atom stereocenters. The lowest BCUT2D eigenvalue weighted by Crippen LogP contribution is -2.08. The average Bonchev–Trinajstić information content (AvgIpc) is 1.94. The first-order valence-corrected chi connectivity index (χ1v) is 8.92. The molecule has 1 rings (SSSR count). The molecule has 1 aromatic rings. The van der Waals surface area contributed by atoms with Crippen molar-refractivity contribution in [1.29, 1.82) is 0 Å². The van der Waals surface area contributed by atoms with Crippen LogP contribution in [0.1, 0.15) is 16.7 Å². The van der Waals surface area contributed by atoms with Crippen LogP contribution in [-0.2, 0) is 18.9 Å². The van der Waals surface area contributed by atoms with Gasteiger partial charge in [-0.1, -0.05) is 6.07 Å². The van der Waals surface area contributed by atoms with Gasteiger partial charge in [0.25, 0.3) is 9.05 Å². The van der Waals surface area contributed by atoms with Crippen LogP contribution in [0.3, 0.4) is 0 Å². The lowest BCUT2D eigenvalue weighted by Gasteiger charge is -2.13. The first-order valence-electron chi connectivity index (χ1n) is 4.71. The minimum atomic E-state index is -3.96. The van der Waals surface area contributed by atoms with E-state index in [4.69, 9.17) is 10.7 Å². The van der Waals surface area contributed by atoms with Gasteiger partial charge >= 0.3 is 0 Å². The molecule has 96 valence electrons. The Bertz CT molecular complexity index is 616. The summed E-state index contributed by atoms with van der Waals surface area (Å²) >= 11 is 0. The molecule has 0 aliphatic carbocycles. The number of sulfone groups is 1. The third-order valence-electron chi connectivity index (χ3n) is 2.45. The molecule has 0 heterocycles. The maximum Gasteiger partial charge on any atom is 0.261 e. The minimum Gasteiger partial charge on any atom is -0.224 e. The molecule has 1 aromatic carbocycles. The van der Waals surface area contributed by atoms with E-state index in [0.29, 0.717) is 11.1 Å². The maximum absolute atomic E-state index is 11.6. The standard InChI is InChI=1S/C10H13ClO4S2/c1-6-5-7(2)10(17(11,14)15)8(3)9(6)16(4,12)13/h5H,1-4H3. The Morgan fingerprint density at radius 2 is 1.35 bits per heavy atom. The zero-order valence-electron chi connectivity index (χ0n) is 9.90. The highest BCUT2D eigenvalue weighted by atomic mass is 35.7. The van der Waals surface area contributed by atoms with Crippen LogP contribution in [0.4, 0.5) is 0 Å². The van der Waals surface area contributed by atoms with Gasteiger partial charge in [-0.3, -0.25) is 0 Å². The molecule has 0 aliphatic rings. The highest BCUT2D eigenvalue weighted by Gasteiger charge is 2.24. The fourth-order valence-corrected chi connectivity index (χ4v) is 5.09. The Morgan fingerprint density at radius 1 is 0.941 bits per heavy atom. The van der Waals surface area contributed by atoms with Gasteiger partial charge in [0.1, 0.15) is 0 Å². The summed E-state index contributed by atoms with van der Waals surface area (Å²) in [5, 5.41) is 0. The van der Waals surface area contributed by atoms with E-state index < -0.39 is 18.9 Å². The average molecular weight is 297 g/mol. The largest absolute Gasteiger partial charge is 0.261 e. The fraction of sp³-hybridized carbons (Fsp3) is 0.400. The van der Waals surface area contributed by atoms with Crippen LogP contribution in [0.15, 0.2) is 15.9 Å². The summed E-state index contributed by atoms with van der Waals surface area (Å²) in [6, 6.07) is 1.51. The van der Waals surface area contributed by atoms with E-state index in [-0.39, 0.29) is 15.4 Å². The zero-order valence-corrected chi connectivity index (χ0v) is 12.3. The topological polar surface area (TPSA) is 68.3 Å². The molecule has 0 unspecified atom stereocenters. The van der Waals surface area contributed by atoms with Crippen LogP contribution >= 0.6 is 10.7 Å². The van der Waals surface area contributed by atoms with Gasteiger partial charge in [0.2, 0.25) is 0 Å². The Balaban J connectivity index is 3.93. The maximum atomic E-state index is 11.6. The summed E-state index contributed by atoms with van der Waals surface area (Å²) in [4.78, 5) is -0.0903. The van der Waals surface area contributed by atoms with Gasteiger partial charge in [-0.05, 0) is 37.5 Å². The number of aryl methyl sites for hydroxylation is 2. The Morgan fingerprint density at radius 3 is 1.71 bits per heavy atom. The second-order valence-corrected chi connectivity index (χ2v) is 8.46. The molecule has 0 radical (unpaired) electrons. The summed E-state index contributed by atoms with van der Waals surface area (Å²) in [5.74, 6) is 0. The summed E-state index contributed by atoms with van der Waals surface area (Å²) < 4.78 is 46.1. The summed E-state index contributed by atoms with van der Waals surface area (Å²) in [6.07, 6.45) is 1.04. The summed E-state index contributed by atoms with van der Waals surface area (Å²) in [7, 11) is -2.12. The van der Waals surface area contributed by atoms with E-state index in [9.17, 15) is 16.8 Å². The van der Waals surface area contributed by atoms with Crippen molar-refractivity contribution in [2.75, 3.05) is 6.26 Å². The first kappa shape index (κ1) is 14.5. The molecule has 0 aromatic heterocycles. The lowest BCUT2D eigenvalue weighted by atomic mass is 10.1. The van der Waals surface area contributed by atoms with Crippen LogP contribution in [0.25, 0.3) is 0 Å². The minimum absolute atomic E-state index is 0.0299. The van der Waals surface area contributed by atoms with Crippen LogP contribution in [0.5, 0.6) is 0 Å². The van der Waals surface area contributed by atoms with Crippen molar-refractivity contribution in [3.8, 4) is 0 Å². The van der Waals surface area contributed by atoms with E-state index in [1.807, 2.05) is 0 Å². The van der Waals surface area contributed by atoms with Crippen molar-refractivity contribution in [2.45, 2.75) is 30.6 Å². The van der Waals surface area contributed by atoms with Crippen LogP contribution in [0.2, 0.25) is 0 Å².